The summed E-state index contributed by atoms with van der Waals surface area (Å²) in [7, 11) is 0. The lowest BCUT2D eigenvalue weighted by atomic mass is 9.74. The van der Waals surface area contributed by atoms with Crippen molar-refractivity contribution in [1.82, 2.24) is 20.0 Å². The standard InChI is InChI=1S/C40H51N3O6.C27H36N2O3.ClH/c1-26-12-15-32(44)36(26)43-17-16-40(39(43)48,24-28-10-6-3-7-11-28)25-33(45)31(22-27-8-4-2-5-9-27)41-37(46)34-29-13-14-30(23-29)35(34)38(47)42-18-20-49-21-19-42;1-19-12-13-23(30)25(19)29-15-14-27(26(29)32,17-21-10-6-3-7-11-21)18-24(31)22(28)16-20-8-4-2-5-9-20;/h2-11,13-14,26,29-36,44-45H,12,15-25H2,1H3,(H,41,46);2-11,19,22-25,30-31H,12-18,28H2,1H3;1H. The number of rotatable bonds is 19. The van der Waals surface area contributed by atoms with Gasteiger partial charge >= 0.3 is 0 Å². The lowest BCUT2D eigenvalue weighted by molar-refractivity contribution is -0.146. The minimum atomic E-state index is -1.02. The van der Waals surface area contributed by atoms with Crippen LogP contribution in [0.2, 0.25) is 0 Å². The van der Waals surface area contributed by atoms with Crippen molar-refractivity contribution in [3.05, 3.63) is 156 Å². The van der Waals surface area contributed by atoms with Crippen LogP contribution < -0.4 is 11.1 Å². The number of aliphatic hydroxyl groups excluding tert-OH is 4. The number of fused-ring (bicyclic) bond motifs is 2. The first-order chi connectivity index (χ1) is 39.1. The Balaban J connectivity index is 0.000000213. The van der Waals surface area contributed by atoms with Crippen LogP contribution in [-0.4, -0.2) is 147 Å². The molecule has 14 nitrogen and oxygen atoms in total. The van der Waals surface area contributed by atoms with Gasteiger partial charge in [0.25, 0.3) is 0 Å². The number of hydrogen-bond acceptors (Lipinski definition) is 10. The lowest BCUT2D eigenvalue weighted by Gasteiger charge is -2.37. The van der Waals surface area contributed by atoms with Crippen molar-refractivity contribution in [2.24, 2.45) is 52.1 Å². The van der Waals surface area contributed by atoms with Crippen LogP contribution in [0.3, 0.4) is 0 Å². The second kappa shape index (κ2) is 27.1. The molecule has 4 aromatic carbocycles. The number of amides is 4. The summed E-state index contributed by atoms with van der Waals surface area (Å²) in [6, 6.07) is 38.2. The number of benzene rings is 4. The van der Waals surface area contributed by atoms with Crippen LogP contribution in [0.4, 0.5) is 0 Å². The minimum Gasteiger partial charge on any atom is -0.391 e. The van der Waals surface area contributed by atoms with Gasteiger partial charge in [-0.15, -0.1) is 12.4 Å². The molecule has 4 amide bonds. The molecule has 0 spiro atoms. The summed E-state index contributed by atoms with van der Waals surface area (Å²) in [5, 5.41) is 48.0. The number of ether oxygens (including phenoxy) is 1. The molecule has 4 aromatic rings. The number of likely N-dealkylation sites (tertiary alicyclic amines) is 2. The summed E-state index contributed by atoms with van der Waals surface area (Å²) in [6.45, 7) is 7.45. The molecule has 3 aliphatic heterocycles. The Morgan fingerprint density at radius 2 is 1.04 bits per heavy atom. The molecule has 7 N–H and O–H groups in total. The molecule has 16 atom stereocenters. The Morgan fingerprint density at radius 3 is 1.49 bits per heavy atom. The van der Waals surface area contributed by atoms with Gasteiger partial charge in [-0.1, -0.05) is 147 Å². The van der Waals surface area contributed by atoms with Crippen molar-refractivity contribution in [1.29, 1.82) is 0 Å². The summed E-state index contributed by atoms with van der Waals surface area (Å²) in [4.78, 5) is 62.3. The zero-order valence-electron chi connectivity index (χ0n) is 47.9. The maximum atomic E-state index is 14.6. The molecule has 11 rings (SSSR count). The van der Waals surface area contributed by atoms with Crippen molar-refractivity contribution in [2.75, 3.05) is 39.4 Å². The minimum absolute atomic E-state index is 0. The van der Waals surface area contributed by atoms with E-state index in [1.54, 1.807) is 0 Å². The van der Waals surface area contributed by atoms with Gasteiger partial charge in [-0.05, 0) is 129 Å². The molecule has 0 radical (unpaired) electrons. The maximum Gasteiger partial charge on any atom is 0.229 e. The monoisotopic (exact) mass is 1140 g/mol. The third kappa shape index (κ3) is 13.4. The molecule has 2 bridgehead atoms. The summed E-state index contributed by atoms with van der Waals surface area (Å²) >= 11 is 0. The average molecular weight is 1140 g/mol. The number of halogens is 1. The lowest BCUT2D eigenvalue weighted by Crippen LogP contribution is -2.54. The van der Waals surface area contributed by atoms with Gasteiger partial charge in [0, 0.05) is 32.2 Å². The number of hydrogen-bond donors (Lipinski definition) is 6. The van der Waals surface area contributed by atoms with Crippen molar-refractivity contribution in [3.8, 4) is 0 Å². The Labute approximate surface area is 491 Å². The fourth-order valence-electron chi connectivity index (χ4n) is 15.5. The van der Waals surface area contributed by atoms with E-state index in [0.29, 0.717) is 90.8 Å². The van der Waals surface area contributed by atoms with Crippen LogP contribution in [0, 0.1) is 46.3 Å². The van der Waals surface area contributed by atoms with Crippen molar-refractivity contribution in [3.63, 3.8) is 0 Å². The van der Waals surface area contributed by atoms with E-state index >= 15 is 0 Å². The van der Waals surface area contributed by atoms with Gasteiger partial charge in [0.1, 0.15) is 0 Å². The highest BCUT2D eigenvalue weighted by molar-refractivity contribution is 5.90. The van der Waals surface area contributed by atoms with Gasteiger partial charge in [-0.2, -0.15) is 0 Å². The molecule has 15 heteroatoms. The van der Waals surface area contributed by atoms with Crippen LogP contribution in [0.15, 0.2) is 133 Å². The second-order valence-corrected chi connectivity index (χ2v) is 25.2. The van der Waals surface area contributed by atoms with E-state index in [-0.39, 0.29) is 78.2 Å². The molecule has 6 fully saturated rings. The number of carbonyl (C=O) groups excluding carboxylic acids is 4. The Kier molecular flexibility index (Phi) is 20.2. The van der Waals surface area contributed by atoms with E-state index < -0.39 is 59.2 Å². The van der Waals surface area contributed by atoms with Crippen molar-refractivity contribution < 1.29 is 44.3 Å². The molecule has 0 aromatic heterocycles. The van der Waals surface area contributed by atoms with E-state index in [0.717, 1.165) is 47.9 Å². The molecular weight excluding hydrogens is 1050 g/mol. The van der Waals surface area contributed by atoms with Gasteiger partial charge in [0.05, 0.1) is 78.4 Å². The highest BCUT2D eigenvalue weighted by Gasteiger charge is 2.56. The number of nitrogens with zero attached hydrogens (tertiary/aromatic N) is 3. The largest absolute Gasteiger partial charge is 0.391 e. The zero-order valence-corrected chi connectivity index (χ0v) is 48.7. The Hall–Kier alpha value is -5.45. The quantitative estimate of drug-likeness (QED) is 0.0546. The molecule has 82 heavy (non-hydrogen) atoms. The van der Waals surface area contributed by atoms with Crippen LogP contribution in [0.5, 0.6) is 0 Å². The molecular formula is C67H88ClN5O9. The Morgan fingerprint density at radius 1 is 0.610 bits per heavy atom. The zero-order chi connectivity index (χ0) is 56.8. The summed E-state index contributed by atoms with van der Waals surface area (Å²) < 4.78 is 5.48. The highest BCUT2D eigenvalue weighted by Crippen LogP contribution is 2.50. The topological polar surface area (TPSA) is 206 Å². The van der Waals surface area contributed by atoms with Crippen LogP contribution in [-0.2, 0) is 49.6 Å². The first-order valence-corrected chi connectivity index (χ1v) is 30.2. The van der Waals surface area contributed by atoms with Crippen LogP contribution in [0.25, 0.3) is 0 Å². The maximum absolute atomic E-state index is 14.6. The number of carbonyl (C=O) groups is 4. The van der Waals surface area contributed by atoms with Gasteiger partial charge in [0.15, 0.2) is 0 Å². The summed E-state index contributed by atoms with van der Waals surface area (Å²) in [5.74, 6) is -0.610. The smallest absolute Gasteiger partial charge is 0.229 e. The number of nitrogens with one attached hydrogen (secondary N) is 1. The molecule has 3 saturated carbocycles. The second-order valence-electron chi connectivity index (χ2n) is 25.2. The number of allylic oxidation sites excluding steroid dienone is 2. The van der Waals surface area contributed by atoms with Crippen LogP contribution in [0.1, 0.15) is 93.9 Å². The van der Waals surface area contributed by atoms with E-state index in [2.05, 4.69) is 31.3 Å². The number of nitrogens with two attached hydrogens (primary N) is 1. The molecule has 7 aliphatic rings. The van der Waals surface area contributed by atoms with E-state index in [4.69, 9.17) is 10.5 Å². The SMILES string of the molecule is CC1CCC(O)C1N1CCC(Cc2ccccc2)(CC(O)C(Cc2ccccc2)NC(=O)C2C3C=CC(C3)C2C(=O)N2CCOCC2)C1=O.CC1CCC(O)C1N1CCC(Cc2ccccc2)(CC(O)C(N)Cc2ccccc2)C1=O.Cl. The van der Waals surface area contributed by atoms with E-state index in [1.807, 2.05) is 136 Å². The van der Waals surface area contributed by atoms with E-state index in [1.165, 1.54) is 0 Å². The first-order valence-electron chi connectivity index (χ1n) is 30.2. The normalized spacial score (nSPS) is 31.8. The van der Waals surface area contributed by atoms with Gasteiger partial charge in [0.2, 0.25) is 23.6 Å². The fourth-order valence-corrected chi connectivity index (χ4v) is 15.5. The molecule has 3 saturated heterocycles. The molecule has 442 valence electrons. The first kappa shape index (κ1) is 61.1. The molecule has 4 aliphatic carbocycles. The summed E-state index contributed by atoms with van der Waals surface area (Å²) in [5.41, 5.74) is 8.99. The third-order valence-electron chi connectivity index (χ3n) is 19.8. The molecule has 3 heterocycles. The molecule has 16 unspecified atom stereocenters. The highest BCUT2D eigenvalue weighted by atomic mass is 35.5. The summed E-state index contributed by atoms with van der Waals surface area (Å²) in [6.07, 6.45) is 9.14. The van der Waals surface area contributed by atoms with Crippen LogP contribution >= 0.6 is 12.4 Å². The van der Waals surface area contributed by atoms with Gasteiger partial charge < -0.3 is 50.9 Å². The van der Waals surface area contributed by atoms with Crippen molar-refractivity contribution >= 4 is 36.0 Å². The van der Waals surface area contributed by atoms with Gasteiger partial charge in [-0.3, -0.25) is 19.2 Å². The van der Waals surface area contributed by atoms with Crippen molar-refractivity contribution in [2.45, 2.75) is 146 Å². The number of aliphatic hydroxyl groups is 4. The predicted molar refractivity (Wildman–Crippen MR) is 318 cm³/mol. The third-order valence-corrected chi connectivity index (χ3v) is 19.8. The predicted octanol–water partition coefficient (Wildman–Crippen LogP) is 6.73. The average Bonchev–Trinajstić information content (AvgIpc) is 4.50. The fraction of sp³-hybridized carbons (Fsp3) is 0.552. The van der Waals surface area contributed by atoms with E-state index in [9.17, 15) is 39.6 Å². The van der Waals surface area contributed by atoms with Gasteiger partial charge in [-0.25, -0.2) is 0 Å². The Bertz CT molecular complexity index is 2750. The number of morpholine rings is 1.